The van der Waals surface area contributed by atoms with Gasteiger partial charge in [-0.1, -0.05) is 62.9 Å². The summed E-state index contributed by atoms with van der Waals surface area (Å²) in [5.74, 6) is 0. The highest BCUT2D eigenvalue weighted by atomic mass is 16.6. The largest absolute Gasteiger partial charge is 0.388 e. The molecule has 1 fully saturated rings. The number of rotatable bonds is 7. The molecule has 20 heavy (non-hydrogen) atoms. The first kappa shape index (κ1) is 15.5. The summed E-state index contributed by atoms with van der Waals surface area (Å²) in [6.45, 7) is 2.69. The van der Waals surface area contributed by atoms with Crippen LogP contribution >= 0.6 is 0 Å². The first-order chi connectivity index (χ1) is 9.74. The molecule has 0 amide bonds. The molecule has 1 aromatic rings. The fourth-order valence-electron chi connectivity index (χ4n) is 3.04. The van der Waals surface area contributed by atoms with Crippen LogP contribution in [0.3, 0.4) is 0 Å². The van der Waals surface area contributed by atoms with E-state index >= 15 is 0 Å². The SMILES string of the molecule is CCCC(NOCc1ccccc1)C1(O)CCCCC1. The van der Waals surface area contributed by atoms with Crippen molar-refractivity contribution in [1.82, 2.24) is 5.48 Å². The summed E-state index contributed by atoms with van der Waals surface area (Å²) in [7, 11) is 0. The average molecular weight is 277 g/mol. The van der Waals surface area contributed by atoms with Crippen LogP contribution in [0.15, 0.2) is 30.3 Å². The summed E-state index contributed by atoms with van der Waals surface area (Å²) in [6.07, 6.45) is 7.26. The third-order valence-corrected chi connectivity index (χ3v) is 4.25. The maximum atomic E-state index is 10.8. The first-order valence-corrected chi connectivity index (χ1v) is 7.88. The Morgan fingerprint density at radius 3 is 2.55 bits per heavy atom. The van der Waals surface area contributed by atoms with Crippen LogP contribution in [-0.2, 0) is 11.4 Å². The second-order valence-corrected chi connectivity index (χ2v) is 5.90. The van der Waals surface area contributed by atoms with E-state index < -0.39 is 5.60 Å². The van der Waals surface area contributed by atoms with Gasteiger partial charge in [-0.25, -0.2) is 0 Å². The Bertz CT molecular complexity index is 374. The lowest BCUT2D eigenvalue weighted by molar-refractivity contribution is -0.0982. The van der Waals surface area contributed by atoms with Gasteiger partial charge in [0.25, 0.3) is 0 Å². The minimum Gasteiger partial charge on any atom is -0.388 e. The molecule has 3 nitrogen and oxygen atoms in total. The monoisotopic (exact) mass is 277 g/mol. The Kier molecular flexibility index (Phi) is 6.02. The number of aliphatic hydroxyl groups is 1. The van der Waals surface area contributed by atoms with Crippen LogP contribution in [-0.4, -0.2) is 16.7 Å². The molecule has 0 saturated heterocycles. The Balaban J connectivity index is 1.85. The molecule has 1 unspecified atom stereocenters. The van der Waals surface area contributed by atoms with E-state index in [0.29, 0.717) is 6.61 Å². The zero-order valence-corrected chi connectivity index (χ0v) is 12.5. The van der Waals surface area contributed by atoms with Crippen molar-refractivity contribution < 1.29 is 9.94 Å². The number of nitrogens with one attached hydrogen (secondary N) is 1. The Morgan fingerprint density at radius 1 is 1.20 bits per heavy atom. The van der Waals surface area contributed by atoms with E-state index in [4.69, 9.17) is 4.84 Å². The zero-order chi connectivity index (χ0) is 14.3. The molecule has 1 saturated carbocycles. The normalized spacial score (nSPS) is 19.7. The molecule has 1 aromatic carbocycles. The summed E-state index contributed by atoms with van der Waals surface area (Å²) < 4.78 is 0. The highest BCUT2D eigenvalue weighted by Crippen LogP contribution is 2.32. The van der Waals surface area contributed by atoms with E-state index in [1.54, 1.807) is 0 Å². The van der Waals surface area contributed by atoms with Crippen LogP contribution in [0.1, 0.15) is 57.4 Å². The van der Waals surface area contributed by atoms with Crippen LogP contribution in [0.5, 0.6) is 0 Å². The van der Waals surface area contributed by atoms with Crippen molar-refractivity contribution in [3.8, 4) is 0 Å². The van der Waals surface area contributed by atoms with Crippen LogP contribution in [0.4, 0.5) is 0 Å². The molecule has 0 heterocycles. The van der Waals surface area contributed by atoms with Gasteiger partial charge in [0.05, 0.1) is 18.2 Å². The number of hydrogen-bond acceptors (Lipinski definition) is 3. The van der Waals surface area contributed by atoms with Crippen molar-refractivity contribution in [3.05, 3.63) is 35.9 Å². The van der Waals surface area contributed by atoms with Crippen molar-refractivity contribution >= 4 is 0 Å². The van der Waals surface area contributed by atoms with Crippen molar-refractivity contribution in [2.24, 2.45) is 0 Å². The molecular weight excluding hydrogens is 250 g/mol. The van der Waals surface area contributed by atoms with Gasteiger partial charge in [-0.3, -0.25) is 4.84 Å². The van der Waals surface area contributed by atoms with Gasteiger partial charge >= 0.3 is 0 Å². The van der Waals surface area contributed by atoms with Gasteiger partial charge in [-0.05, 0) is 24.8 Å². The van der Waals surface area contributed by atoms with E-state index in [2.05, 4.69) is 12.4 Å². The molecule has 2 N–H and O–H groups in total. The van der Waals surface area contributed by atoms with E-state index in [1.165, 1.54) is 6.42 Å². The van der Waals surface area contributed by atoms with Gasteiger partial charge in [0.1, 0.15) is 0 Å². The topological polar surface area (TPSA) is 41.5 Å². The van der Waals surface area contributed by atoms with Crippen molar-refractivity contribution in [2.75, 3.05) is 0 Å². The van der Waals surface area contributed by atoms with Gasteiger partial charge in [0, 0.05) is 0 Å². The van der Waals surface area contributed by atoms with Crippen molar-refractivity contribution in [2.45, 2.75) is 70.1 Å². The molecule has 1 aliphatic carbocycles. The number of hydrogen-bond donors (Lipinski definition) is 2. The fraction of sp³-hybridized carbons (Fsp3) is 0.647. The Labute approximate surface area is 122 Å². The molecule has 1 aliphatic rings. The molecule has 0 radical (unpaired) electrons. The van der Waals surface area contributed by atoms with Gasteiger partial charge < -0.3 is 5.11 Å². The Morgan fingerprint density at radius 2 is 1.90 bits per heavy atom. The van der Waals surface area contributed by atoms with Crippen LogP contribution in [0.25, 0.3) is 0 Å². The standard InChI is InChI=1S/C17H27NO2/c1-2-9-16(17(19)12-7-4-8-13-17)18-20-14-15-10-5-3-6-11-15/h3,5-6,10-11,16,18-19H,2,4,7-9,12-14H2,1H3. The predicted octanol–water partition coefficient (Wildman–Crippen LogP) is 3.57. The summed E-state index contributed by atoms with van der Waals surface area (Å²) in [4.78, 5) is 5.64. The van der Waals surface area contributed by atoms with Crippen molar-refractivity contribution in [3.63, 3.8) is 0 Å². The molecule has 0 spiro atoms. The summed E-state index contributed by atoms with van der Waals surface area (Å²) in [5, 5.41) is 10.8. The van der Waals surface area contributed by atoms with Gasteiger partial charge in [-0.15, -0.1) is 0 Å². The third-order valence-electron chi connectivity index (χ3n) is 4.25. The molecule has 0 aromatic heterocycles. The highest BCUT2D eigenvalue weighted by Gasteiger charge is 2.37. The van der Waals surface area contributed by atoms with Crippen LogP contribution in [0, 0.1) is 0 Å². The zero-order valence-electron chi connectivity index (χ0n) is 12.5. The minimum atomic E-state index is -0.592. The van der Waals surface area contributed by atoms with E-state index in [9.17, 15) is 5.11 Å². The molecule has 0 aliphatic heterocycles. The molecule has 2 rings (SSSR count). The maximum Gasteiger partial charge on any atom is 0.0933 e. The van der Waals surface area contributed by atoms with E-state index in [1.807, 2.05) is 30.3 Å². The molecule has 3 heteroatoms. The lowest BCUT2D eigenvalue weighted by Gasteiger charge is -2.39. The molecule has 112 valence electrons. The maximum absolute atomic E-state index is 10.8. The third kappa shape index (κ3) is 4.30. The lowest BCUT2D eigenvalue weighted by atomic mass is 9.78. The average Bonchev–Trinajstić information content (AvgIpc) is 2.48. The van der Waals surface area contributed by atoms with Gasteiger partial charge in [0.15, 0.2) is 0 Å². The highest BCUT2D eigenvalue weighted by molar-refractivity contribution is 5.13. The number of benzene rings is 1. The molecule has 1 atom stereocenters. The quantitative estimate of drug-likeness (QED) is 0.749. The smallest absolute Gasteiger partial charge is 0.0933 e. The second-order valence-electron chi connectivity index (χ2n) is 5.90. The number of hydroxylamine groups is 1. The fourth-order valence-corrected chi connectivity index (χ4v) is 3.04. The minimum absolute atomic E-state index is 0.0384. The van der Waals surface area contributed by atoms with Crippen molar-refractivity contribution in [1.29, 1.82) is 0 Å². The van der Waals surface area contributed by atoms with Gasteiger partial charge in [-0.2, -0.15) is 5.48 Å². The van der Waals surface area contributed by atoms with Crippen LogP contribution < -0.4 is 5.48 Å². The second kappa shape index (κ2) is 7.77. The first-order valence-electron chi connectivity index (χ1n) is 7.88. The lowest BCUT2D eigenvalue weighted by Crippen LogP contribution is -2.51. The molecular formula is C17H27NO2. The van der Waals surface area contributed by atoms with E-state index in [-0.39, 0.29) is 6.04 Å². The summed E-state index contributed by atoms with van der Waals surface area (Å²) in [6, 6.07) is 10.2. The predicted molar refractivity (Wildman–Crippen MR) is 81.1 cm³/mol. The van der Waals surface area contributed by atoms with Crippen LogP contribution in [0.2, 0.25) is 0 Å². The summed E-state index contributed by atoms with van der Waals surface area (Å²) >= 11 is 0. The summed E-state index contributed by atoms with van der Waals surface area (Å²) in [5.41, 5.74) is 3.68. The van der Waals surface area contributed by atoms with Gasteiger partial charge in [0.2, 0.25) is 0 Å². The van der Waals surface area contributed by atoms with E-state index in [0.717, 1.165) is 44.1 Å². The molecule has 0 bridgehead atoms. The Hall–Kier alpha value is -0.900.